The molecular weight excluding hydrogens is 343 g/mol. The average molecular weight is 368 g/mol. The standard InChI is InChI=1S/C16H22O.CH3.2ClH.Cr/c1-16(2,14-10-6-7-11-14)12-15(17)13-8-4-3-5-9-13;;;;/h3-5,8-9,14H,6-7,10-12H2,1-2H3;1H3;2*1H;/q;-1;;;+3/p-2. The fourth-order valence-corrected chi connectivity index (χ4v) is 2.99. The first kappa shape index (κ1) is 21.0. The van der Waals surface area contributed by atoms with E-state index < -0.39 is 0 Å². The Hall–Kier alpha value is 0.00247. The van der Waals surface area contributed by atoms with Gasteiger partial charge in [-0.3, -0.25) is 4.79 Å². The van der Waals surface area contributed by atoms with E-state index in [4.69, 9.17) is 20.1 Å². The number of benzene rings is 1. The molecule has 1 aromatic rings. The summed E-state index contributed by atoms with van der Waals surface area (Å²) in [6.45, 7) is 4.51. The van der Waals surface area contributed by atoms with Crippen molar-refractivity contribution in [2.45, 2.75) is 46.0 Å². The number of carbonyl (C=O) groups excluding carboxylic acids is 1. The van der Waals surface area contributed by atoms with Crippen LogP contribution in [0.15, 0.2) is 30.3 Å². The van der Waals surface area contributed by atoms with Crippen LogP contribution in [0, 0.1) is 18.8 Å². The van der Waals surface area contributed by atoms with Crippen molar-refractivity contribution >= 4 is 25.9 Å². The van der Waals surface area contributed by atoms with Gasteiger partial charge in [-0.1, -0.05) is 57.0 Å². The predicted molar refractivity (Wildman–Crippen MR) is 89.2 cm³/mol. The summed E-state index contributed by atoms with van der Waals surface area (Å²) in [6.07, 6.45) is 5.97. The molecule has 0 heterocycles. The van der Waals surface area contributed by atoms with Gasteiger partial charge in [-0.2, -0.15) is 0 Å². The second-order valence-electron chi connectivity index (χ2n) is 5.99. The average Bonchev–Trinajstić information content (AvgIpc) is 2.95. The minimum absolute atomic E-state index is 0. The molecule has 1 aliphatic carbocycles. The van der Waals surface area contributed by atoms with E-state index in [1.807, 2.05) is 30.3 Å². The molecular formula is C17H25Cl2CrO. The summed E-state index contributed by atoms with van der Waals surface area (Å²) < 4.78 is 0. The van der Waals surface area contributed by atoms with Crippen LogP contribution in [0.4, 0.5) is 0 Å². The zero-order chi connectivity index (χ0) is 15.0. The van der Waals surface area contributed by atoms with Gasteiger partial charge in [0.25, 0.3) is 0 Å². The zero-order valence-corrected chi connectivity index (χ0v) is 15.9. The van der Waals surface area contributed by atoms with Crippen LogP contribution >= 0.6 is 20.1 Å². The Morgan fingerprint density at radius 1 is 1.19 bits per heavy atom. The van der Waals surface area contributed by atoms with Gasteiger partial charge in [0, 0.05) is 12.0 Å². The van der Waals surface area contributed by atoms with Crippen molar-refractivity contribution in [2.75, 3.05) is 0 Å². The van der Waals surface area contributed by atoms with Gasteiger partial charge in [0.1, 0.15) is 0 Å². The van der Waals surface area contributed by atoms with Gasteiger partial charge in [-0.15, -0.1) is 0 Å². The second-order valence-corrected chi connectivity index (χ2v) is 8.10. The molecule has 4 heteroatoms. The van der Waals surface area contributed by atoms with Gasteiger partial charge in [0.2, 0.25) is 0 Å². The molecule has 1 aromatic carbocycles. The monoisotopic (exact) mass is 367 g/mol. The molecule has 0 unspecified atom stereocenters. The van der Waals surface area contributed by atoms with Crippen LogP contribution in [-0.4, -0.2) is 5.78 Å². The predicted octanol–water partition coefficient (Wildman–Crippen LogP) is 6.30. The van der Waals surface area contributed by atoms with E-state index in [0.29, 0.717) is 12.2 Å². The second kappa shape index (κ2) is 10.7. The number of ketones is 1. The third-order valence-electron chi connectivity index (χ3n) is 4.17. The number of halogens is 2. The SMILES string of the molecule is CC(C)(CC(=O)c1ccccc1)C1CCCC1.[CH3-].[Cl][Cr+][Cl]. The van der Waals surface area contributed by atoms with Crippen molar-refractivity contribution in [3.8, 4) is 0 Å². The topological polar surface area (TPSA) is 17.1 Å². The van der Waals surface area contributed by atoms with Gasteiger partial charge in [0.15, 0.2) is 5.78 Å². The van der Waals surface area contributed by atoms with Crippen LogP contribution in [0.3, 0.4) is 0 Å². The van der Waals surface area contributed by atoms with Crippen LogP contribution in [0.5, 0.6) is 0 Å². The first-order valence-electron chi connectivity index (χ1n) is 6.99. The molecule has 0 bridgehead atoms. The number of Topliss-reactive ketones (excluding diaryl/α,β-unsaturated/α-hetero) is 1. The molecule has 0 radical (unpaired) electrons. The van der Waals surface area contributed by atoms with E-state index in [0.717, 1.165) is 11.5 Å². The van der Waals surface area contributed by atoms with Gasteiger partial charge < -0.3 is 7.43 Å². The van der Waals surface area contributed by atoms with E-state index in [1.54, 1.807) is 0 Å². The van der Waals surface area contributed by atoms with Crippen molar-refractivity contribution in [1.29, 1.82) is 0 Å². The summed E-state index contributed by atoms with van der Waals surface area (Å²) in [4.78, 5) is 12.2. The molecule has 0 amide bonds. The first-order valence-corrected chi connectivity index (χ1v) is 10.5. The van der Waals surface area contributed by atoms with Gasteiger partial charge in [0.05, 0.1) is 0 Å². The molecule has 1 fully saturated rings. The van der Waals surface area contributed by atoms with E-state index in [2.05, 4.69) is 13.8 Å². The molecule has 0 saturated heterocycles. The number of hydrogen-bond acceptors (Lipinski definition) is 1. The summed E-state index contributed by atoms with van der Waals surface area (Å²) in [5, 5.41) is 0. The zero-order valence-electron chi connectivity index (χ0n) is 13.1. The van der Waals surface area contributed by atoms with Gasteiger partial charge in [-0.25, -0.2) is 0 Å². The fraction of sp³-hybridized carbons (Fsp3) is 0.529. The van der Waals surface area contributed by atoms with Crippen molar-refractivity contribution in [3.05, 3.63) is 43.3 Å². The van der Waals surface area contributed by atoms with E-state index in [1.165, 1.54) is 25.7 Å². The van der Waals surface area contributed by atoms with Crippen LogP contribution in [0.1, 0.15) is 56.3 Å². The van der Waals surface area contributed by atoms with Crippen LogP contribution in [0.25, 0.3) is 0 Å². The summed E-state index contributed by atoms with van der Waals surface area (Å²) in [5.41, 5.74) is 1.02. The molecule has 0 atom stereocenters. The van der Waals surface area contributed by atoms with Crippen molar-refractivity contribution in [1.82, 2.24) is 0 Å². The van der Waals surface area contributed by atoms with Crippen LogP contribution < -0.4 is 0 Å². The van der Waals surface area contributed by atoms with E-state index >= 15 is 0 Å². The first-order chi connectivity index (χ1) is 9.51. The molecule has 0 aliphatic heterocycles. The Labute approximate surface area is 144 Å². The summed E-state index contributed by atoms with van der Waals surface area (Å²) >= 11 is -0.181. The molecule has 0 aromatic heterocycles. The number of rotatable bonds is 4. The van der Waals surface area contributed by atoms with Crippen molar-refractivity contribution in [2.24, 2.45) is 11.3 Å². The third kappa shape index (κ3) is 7.20. The molecule has 0 spiro atoms. The Balaban J connectivity index is 0.000000922. The molecule has 0 N–H and O–H groups in total. The summed E-state index contributed by atoms with van der Waals surface area (Å²) in [7, 11) is 9.65. The Morgan fingerprint density at radius 3 is 2.14 bits per heavy atom. The van der Waals surface area contributed by atoms with E-state index in [9.17, 15) is 4.79 Å². The Bertz CT molecular complexity index is 401. The normalized spacial score (nSPS) is 14.7. The van der Waals surface area contributed by atoms with Crippen molar-refractivity contribution < 1.29 is 18.2 Å². The Kier molecular flexibility index (Phi) is 10.7. The van der Waals surface area contributed by atoms with Crippen LogP contribution in [0.2, 0.25) is 0 Å². The summed E-state index contributed by atoms with van der Waals surface area (Å²) in [5.74, 6) is 1.03. The number of carbonyl (C=O) groups is 1. The molecule has 1 saturated carbocycles. The molecule has 1 aliphatic rings. The fourth-order valence-electron chi connectivity index (χ4n) is 2.99. The number of hydrogen-bond donors (Lipinski definition) is 0. The molecule has 119 valence electrons. The maximum atomic E-state index is 12.2. The third-order valence-corrected chi connectivity index (χ3v) is 4.17. The van der Waals surface area contributed by atoms with Crippen molar-refractivity contribution in [3.63, 3.8) is 0 Å². The molecule has 21 heavy (non-hydrogen) atoms. The van der Waals surface area contributed by atoms with E-state index in [-0.39, 0.29) is 26.2 Å². The summed E-state index contributed by atoms with van der Waals surface area (Å²) in [6, 6.07) is 9.69. The van der Waals surface area contributed by atoms with Crippen LogP contribution in [-0.2, 0) is 13.4 Å². The minimum atomic E-state index is -0.181. The maximum absolute atomic E-state index is 12.2. The molecule has 2 rings (SSSR count). The quantitative estimate of drug-likeness (QED) is 0.450. The van der Waals surface area contributed by atoms with Gasteiger partial charge in [-0.05, 0) is 24.2 Å². The van der Waals surface area contributed by atoms with Gasteiger partial charge >= 0.3 is 33.5 Å². The molecule has 1 nitrogen and oxygen atoms in total. The Morgan fingerprint density at radius 2 is 1.67 bits per heavy atom.